The standard InChI is InChI=1S/C9H19NS/c1-7(2)8-6-9(8,10)4-3-5-11/h7-8,11H,3-6,10H2,1-2H3. The highest BCUT2D eigenvalue weighted by Gasteiger charge is 2.51. The largest absolute Gasteiger partial charge is 0.325 e. The lowest BCUT2D eigenvalue weighted by molar-refractivity contribution is 0.455. The second kappa shape index (κ2) is 3.36. The first-order valence-electron chi connectivity index (χ1n) is 4.50. The zero-order valence-corrected chi connectivity index (χ0v) is 8.40. The summed E-state index contributed by atoms with van der Waals surface area (Å²) in [6.07, 6.45) is 3.57. The number of hydrogen-bond donors (Lipinski definition) is 2. The Morgan fingerprint density at radius 1 is 1.64 bits per heavy atom. The minimum absolute atomic E-state index is 0.191. The van der Waals surface area contributed by atoms with E-state index >= 15 is 0 Å². The molecule has 11 heavy (non-hydrogen) atoms. The van der Waals surface area contributed by atoms with Gasteiger partial charge in [0, 0.05) is 5.54 Å². The fourth-order valence-corrected chi connectivity index (χ4v) is 2.10. The maximum absolute atomic E-state index is 6.14. The Bertz CT molecular complexity index is 136. The minimum atomic E-state index is 0.191. The van der Waals surface area contributed by atoms with Crippen LogP contribution in [0.3, 0.4) is 0 Å². The zero-order valence-electron chi connectivity index (χ0n) is 7.51. The molecule has 1 fully saturated rings. The van der Waals surface area contributed by atoms with Gasteiger partial charge in [0.25, 0.3) is 0 Å². The van der Waals surface area contributed by atoms with Crippen LogP contribution in [0.15, 0.2) is 0 Å². The van der Waals surface area contributed by atoms with Gasteiger partial charge in [-0.1, -0.05) is 13.8 Å². The molecule has 1 nitrogen and oxygen atoms in total. The normalized spacial score (nSPS) is 36.3. The minimum Gasteiger partial charge on any atom is -0.325 e. The Morgan fingerprint density at radius 2 is 2.27 bits per heavy atom. The maximum Gasteiger partial charge on any atom is 0.0189 e. The molecule has 0 aromatic rings. The van der Waals surface area contributed by atoms with Crippen LogP contribution >= 0.6 is 12.6 Å². The lowest BCUT2D eigenvalue weighted by Gasteiger charge is -2.12. The van der Waals surface area contributed by atoms with E-state index in [4.69, 9.17) is 5.73 Å². The molecule has 1 aliphatic rings. The van der Waals surface area contributed by atoms with Crippen LogP contribution in [0.25, 0.3) is 0 Å². The van der Waals surface area contributed by atoms with E-state index in [1.807, 2.05) is 0 Å². The van der Waals surface area contributed by atoms with Crippen LogP contribution in [0.5, 0.6) is 0 Å². The first-order chi connectivity index (χ1) is 5.10. The van der Waals surface area contributed by atoms with Crippen molar-refractivity contribution >= 4 is 12.6 Å². The van der Waals surface area contributed by atoms with Crippen LogP contribution in [0, 0.1) is 11.8 Å². The maximum atomic E-state index is 6.14. The van der Waals surface area contributed by atoms with Gasteiger partial charge in [-0.05, 0) is 36.9 Å². The van der Waals surface area contributed by atoms with Gasteiger partial charge < -0.3 is 5.73 Å². The van der Waals surface area contributed by atoms with E-state index in [2.05, 4.69) is 26.5 Å². The molecular weight excluding hydrogens is 154 g/mol. The summed E-state index contributed by atoms with van der Waals surface area (Å²) in [5, 5.41) is 0. The SMILES string of the molecule is CC(C)C1CC1(N)CCCS. The lowest BCUT2D eigenvalue weighted by Crippen LogP contribution is -2.26. The molecule has 2 N–H and O–H groups in total. The highest BCUT2D eigenvalue weighted by atomic mass is 32.1. The summed E-state index contributed by atoms with van der Waals surface area (Å²) < 4.78 is 0. The van der Waals surface area contributed by atoms with E-state index in [1.54, 1.807) is 0 Å². The Kier molecular flexibility index (Phi) is 2.87. The van der Waals surface area contributed by atoms with Gasteiger partial charge in [-0.2, -0.15) is 12.6 Å². The summed E-state index contributed by atoms with van der Waals surface area (Å²) in [6.45, 7) is 4.53. The molecule has 2 atom stereocenters. The van der Waals surface area contributed by atoms with Crippen molar-refractivity contribution in [2.24, 2.45) is 17.6 Å². The molecule has 66 valence electrons. The molecule has 0 heterocycles. The Balaban J connectivity index is 2.25. The van der Waals surface area contributed by atoms with Crippen LogP contribution in [0.2, 0.25) is 0 Å². The molecule has 2 unspecified atom stereocenters. The predicted octanol–water partition coefficient (Wildman–Crippen LogP) is 2.07. The van der Waals surface area contributed by atoms with Gasteiger partial charge >= 0.3 is 0 Å². The number of nitrogens with two attached hydrogens (primary N) is 1. The lowest BCUT2D eigenvalue weighted by atomic mass is 10.0. The summed E-state index contributed by atoms with van der Waals surface area (Å²) in [6, 6.07) is 0. The van der Waals surface area contributed by atoms with E-state index in [-0.39, 0.29) is 5.54 Å². The summed E-state index contributed by atoms with van der Waals surface area (Å²) in [7, 11) is 0. The fraction of sp³-hybridized carbons (Fsp3) is 1.00. The first-order valence-corrected chi connectivity index (χ1v) is 5.13. The van der Waals surface area contributed by atoms with Gasteiger partial charge in [0.2, 0.25) is 0 Å². The number of rotatable bonds is 4. The summed E-state index contributed by atoms with van der Waals surface area (Å²) >= 11 is 4.19. The Labute approximate surface area is 75.1 Å². The van der Waals surface area contributed by atoms with Crippen molar-refractivity contribution in [1.29, 1.82) is 0 Å². The molecule has 0 amide bonds. The summed E-state index contributed by atoms with van der Waals surface area (Å²) in [5.41, 5.74) is 6.34. The fourth-order valence-electron chi connectivity index (χ4n) is 1.95. The van der Waals surface area contributed by atoms with Gasteiger partial charge in [0.15, 0.2) is 0 Å². The topological polar surface area (TPSA) is 26.0 Å². The molecule has 0 aromatic heterocycles. The molecule has 0 aliphatic heterocycles. The smallest absolute Gasteiger partial charge is 0.0189 e. The van der Waals surface area contributed by atoms with Gasteiger partial charge in [0.1, 0.15) is 0 Å². The Hall–Kier alpha value is 0.310. The van der Waals surface area contributed by atoms with Gasteiger partial charge in [-0.25, -0.2) is 0 Å². The van der Waals surface area contributed by atoms with Crippen molar-refractivity contribution in [1.82, 2.24) is 0 Å². The molecule has 1 rings (SSSR count). The highest BCUT2D eigenvalue weighted by molar-refractivity contribution is 7.80. The second-order valence-electron chi connectivity index (χ2n) is 4.11. The zero-order chi connectivity index (χ0) is 8.48. The number of thiol groups is 1. The monoisotopic (exact) mass is 173 g/mol. The molecule has 0 saturated heterocycles. The van der Waals surface area contributed by atoms with Crippen LogP contribution < -0.4 is 5.73 Å². The van der Waals surface area contributed by atoms with Gasteiger partial charge in [-0.3, -0.25) is 0 Å². The average Bonchev–Trinajstić information content (AvgIpc) is 2.60. The van der Waals surface area contributed by atoms with Crippen molar-refractivity contribution < 1.29 is 0 Å². The molecule has 0 aromatic carbocycles. The summed E-state index contributed by atoms with van der Waals surface area (Å²) in [5.74, 6) is 2.52. The van der Waals surface area contributed by atoms with Gasteiger partial charge in [-0.15, -0.1) is 0 Å². The molecule has 0 bridgehead atoms. The van der Waals surface area contributed by atoms with Crippen molar-refractivity contribution in [3.8, 4) is 0 Å². The molecule has 1 saturated carbocycles. The van der Waals surface area contributed by atoms with E-state index in [1.165, 1.54) is 19.3 Å². The molecule has 2 heteroatoms. The third-order valence-corrected chi connectivity index (χ3v) is 3.10. The van der Waals surface area contributed by atoms with Crippen molar-refractivity contribution in [2.45, 2.75) is 38.6 Å². The molecule has 0 radical (unpaired) electrons. The van der Waals surface area contributed by atoms with E-state index in [0.29, 0.717) is 0 Å². The average molecular weight is 173 g/mol. The van der Waals surface area contributed by atoms with E-state index in [9.17, 15) is 0 Å². The van der Waals surface area contributed by atoms with Crippen LogP contribution in [-0.4, -0.2) is 11.3 Å². The third kappa shape index (κ3) is 2.12. The van der Waals surface area contributed by atoms with Crippen LogP contribution in [-0.2, 0) is 0 Å². The quantitative estimate of drug-likeness (QED) is 0.625. The summed E-state index contributed by atoms with van der Waals surface area (Å²) in [4.78, 5) is 0. The molecule has 0 spiro atoms. The van der Waals surface area contributed by atoms with Crippen LogP contribution in [0.4, 0.5) is 0 Å². The first kappa shape index (κ1) is 9.40. The van der Waals surface area contributed by atoms with Crippen molar-refractivity contribution in [3.63, 3.8) is 0 Å². The number of hydrogen-bond acceptors (Lipinski definition) is 2. The van der Waals surface area contributed by atoms with Crippen molar-refractivity contribution in [2.75, 3.05) is 5.75 Å². The van der Waals surface area contributed by atoms with Crippen molar-refractivity contribution in [3.05, 3.63) is 0 Å². The second-order valence-corrected chi connectivity index (χ2v) is 4.56. The highest BCUT2D eigenvalue weighted by Crippen LogP contribution is 2.49. The van der Waals surface area contributed by atoms with Crippen LogP contribution in [0.1, 0.15) is 33.1 Å². The predicted molar refractivity (Wildman–Crippen MR) is 53.0 cm³/mol. The Morgan fingerprint density at radius 3 is 2.64 bits per heavy atom. The van der Waals surface area contributed by atoms with E-state index in [0.717, 1.165) is 17.6 Å². The molecular formula is C9H19NS. The third-order valence-electron chi connectivity index (χ3n) is 2.78. The molecule has 1 aliphatic carbocycles. The van der Waals surface area contributed by atoms with Gasteiger partial charge in [0.05, 0.1) is 0 Å². The van der Waals surface area contributed by atoms with E-state index < -0.39 is 0 Å².